The zero-order valence-corrected chi connectivity index (χ0v) is 11.3. The van der Waals surface area contributed by atoms with Crippen molar-refractivity contribution in [2.24, 2.45) is 0 Å². The number of fused-ring (bicyclic) bond motifs is 1. The van der Waals surface area contributed by atoms with Crippen LogP contribution in [0.2, 0.25) is 14.8 Å². The molecule has 0 radical (unpaired) electrons. The normalized spacial score (nSPS) is 12.2. The van der Waals surface area contributed by atoms with Crippen molar-refractivity contribution in [1.82, 2.24) is 17.7 Å². The number of hydrogen-bond acceptors (Lipinski definition) is 3. The van der Waals surface area contributed by atoms with Gasteiger partial charge in [-0.3, -0.25) is 0 Å². The average molecular weight is 299 g/mol. The van der Waals surface area contributed by atoms with E-state index in [4.69, 9.17) is 0 Å². The molecule has 2 rings (SSSR count). The van der Waals surface area contributed by atoms with E-state index in [-0.39, 0.29) is 5.69 Å². The molecule has 2 heterocycles. The van der Waals surface area contributed by atoms with Crippen LogP contribution >= 0.6 is 0 Å². The third-order valence-corrected chi connectivity index (χ3v) is 7.00. The molecule has 5 nitrogen and oxygen atoms in total. The Kier molecular flexibility index (Phi) is 2.13. The van der Waals surface area contributed by atoms with E-state index in [9.17, 15) is 4.79 Å². The first-order chi connectivity index (χ1) is 6.50. The Hall–Kier alpha value is -0.851. The van der Waals surface area contributed by atoms with Gasteiger partial charge in [0.1, 0.15) is 0 Å². The van der Waals surface area contributed by atoms with Crippen molar-refractivity contribution >= 4 is 29.9 Å². The molecule has 6 heteroatoms. The van der Waals surface area contributed by atoms with Gasteiger partial charge in [-0.25, -0.2) is 0 Å². The van der Waals surface area contributed by atoms with Gasteiger partial charge in [0.05, 0.1) is 0 Å². The molecule has 0 aliphatic carbocycles. The summed E-state index contributed by atoms with van der Waals surface area (Å²) in [5.41, 5.74) is 1.21. The molecule has 0 saturated heterocycles. The summed E-state index contributed by atoms with van der Waals surface area (Å²) in [5, 5.41) is 0. The molecule has 0 aliphatic heterocycles. The molecule has 0 fully saturated rings. The number of rotatable bonds is 1. The van der Waals surface area contributed by atoms with Crippen molar-refractivity contribution in [3.8, 4) is 0 Å². The van der Waals surface area contributed by atoms with E-state index in [0.29, 0.717) is 11.3 Å². The van der Waals surface area contributed by atoms with Crippen molar-refractivity contribution in [1.29, 1.82) is 0 Å². The summed E-state index contributed by atoms with van der Waals surface area (Å²) < 4.78 is 1.82. The molecule has 1 N–H and O–H groups in total. The van der Waals surface area contributed by atoms with Crippen LogP contribution in [0.4, 0.5) is 0 Å². The Labute approximate surface area is 85.4 Å². The maximum atomic E-state index is 11.7. The maximum absolute atomic E-state index is 11.7. The van der Waals surface area contributed by atoms with Gasteiger partial charge in [0.15, 0.2) is 0 Å². The van der Waals surface area contributed by atoms with Gasteiger partial charge < -0.3 is 0 Å². The fraction of sp³-hybridized carbons (Fsp3) is 0.375. The van der Waals surface area contributed by atoms with Crippen molar-refractivity contribution in [2.75, 3.05) is 0 Å². The van der Waals surface area contributed by atoms with Crippen LogP contribution < -0.4 is 5.69 Å². The van der Waals surface area contributed by atoms with E-state index in [1.165, 1.54) is 0 Å². The Bertz CT molecular complexity index is 522. The SMILES string of the molecule is [CH3][Sn]([CH3])([CH3])[n]1c(=O)[nH]c2nccnc21. The fourth-order valence-electron chi connectivity index (χ4n) is 1.46. The predicted molar refractivity (Wildman–Crippen MR) is 56.9 cm³/mol. The van der Waals surface area contributed by atoms with Gasteiger partial charge in [-0.05, 0) is 0 Å². The second kappa shape index (κ2) is 3.08. The zero-order valence-electron chi connectivity index (χ0n) is 8.40. The number of hydrogen-bond donors (Lipinski definition) is 1. The Morgan fingerprint density at radius 3 is 2.57 bits per heavy atom. The van der Waals surface area contributed by atoms with Crippen molar-refractivity contribution in [3.63, 3.8) is 0 Å². The fourth-order valence-corrected chi connectivity index (χ4v) is 5.64. The molecule has 0 unspecified atom stereocenters. The Balaban J connectivity index is 2.88. The van der Waals surface area contributed by atoms with Crippen LogP contribution in [-0.4, -0.2) is 36.4 Å². The summed E-state index contributed by atoms with van der Waals surface area (Å²) in [5.74, 6) is 0. The second-order valence-corrected chi connectivity index (χ2v) is 17.8. The summed E-state index contributed by atoms with van der Waals surface area (Å²) in [6, 6.07) is 0. The monoisotopic (exact) mass is 300 g/mol. The molecule has 0 amide bonds. The number of imidazole rings is 1. The number of aromatic nitrogens is 4. The molecule has 0 saturated carbocycles. The topological polar surface area (TPSA) is 63.6 Å². The molecule has 0 aromatic carbocycles. The minimum atomic E-state index is -2.45. The first kappa shape index (κ1) is 9.69. The van der Waals surface area contributed by atoms with E-state index >= 15 is 0 Å². The summed E-state index contributed by atoms with van der Waals surface area (Å²) in [6.45, 7) is 0. The average Bonchev–Trinajstić information content (AvgIpc) is 2.38. The molecule has 0 atom stereocenters. The molecule has 2 aromatic rings. The molecule has 0 aliphatic rings. The van der Waals surface area contributed by atoms with E-state index in [1.807, 2.05) is 2.79 Å². The van der Waals surface area contributed by atoms with Crippen molar-refractivity contribution < 1.29 is 0 Å². The number of aromatic amines is 1. The van der Waals surface area contributed by atoms with Gasteiger partial charge in [0.2, 0.25) is 0 Å². The summed E-state index contributed by atoms with van der Waals surface area (Å²) in [4.78, 5) is 29.1. The molecule has 14 heavy (non-hydrogen) atoms. The van der Waals surface area contributed by atoms with Crippen LogP contribution in [0.15, 0.2) is 17.2 Å². The molecule has 2 aromatic heterocycles. The summed E-state index contributed by atoms with van der Waals surface area (Å²) in [7, 11) is 0. The van der Waals surface area contributed by atoms with Crippen LogP contribution in [0, 0.1) is 0 Å². The van der Waals surface area contributed by atoms with E-state index in [1.54, 1.807) is 12.4 Å². The Morgan fingerprint density at radius 2 is 1.93 bits per heavy atom. The quantitative estimate of drug-likeness (QED) is 0.792. The Morgan fingerprint density at radius 1 is 1.29 bits per heavy atom. The van der Waals surface area contributed by atoms with Crippen LogP contribution in [0.5, 0.6) is 0 Å². The predicted octanol–water partition coefficient (Wildman–Crippen LogP) is 0.803. The van der Waals surface area contributed by atoms with Crippen LogP contribution in [0.3, 0.4) is 0 Å². The summed E-state index contributed by atoms with van der Waals surface area (Å²) >= 11 is -2.45. The number of nitrogens with one attached hydrogen (secondary N) is 1. The first-order valence-electron chi connectivity index (χ1n) is 4.42. The van der Waals surface area contributed by atoms with E-state index in [0.717, 1.165) is 0 Å². The van der Waals surface area contributed by atoms with E-state index < -0.39 is 18.7 Å². The molecule has 0 bridgehead atoms. The first-order valence-corrected chi connectivity index (χ1v) is 14.3. The van der Waals surface area contributed by atoms with E-state index in [2.05, 4.69) is 29.8 Å². The third kappa shape index (κ3) is 1.45. The van der Waals surface area contributed by atoms with Gasteiger partial charge in [-0.15, -0.1) is 0 Å². The molecular weight excluding hydrogens is 287 g/mol. The second-order valence-electron chi connectivity index (χ2n) is 4.16. The molecule has 0 spiro atoms. The van der Waals surface area contributed by atoms with Gasteiger partial charge in [-0.2, -0.15) is 0 Å². The van der Waals surface area contributed by atoms with Crippen molar-refractivity contribution in [2.45, 2.75) is 14.8 Å². The van der Waals surface area contributed by atoms with Crippen LogP contribution in [-0.2, 0) is 0 Å². The van der Waals surface area contributed by atoms with Gasteiger partial charge in [0.25, 0.3) is 0 Å². The van der Waals surface area contributed by atoms with Crippen LogP contribution in [0.25, 0.3) is 11.3 Å². The molecule has 74 valence electrons. The van der Waals surface area contributed by atoms with Gasteiger partial charge >= 0.3 is 85.4 Å². The minimum absolute atomic E-state index is 0.0745. The third-order valence-electron chi connectivity index (χ3n) is 1.99. The number of nitrogens with zero attached hydrogens (tertiary/aromatic N) is 3. The van der Waals surface area contributed by atoms with Gasteiger partial charge in [-0.1, -0.05) is 0 Å². The zero-order chi connectivity index (χ0) is 10.3. The molecular formula is C8H12N4OSn. The van der Waals surface area contributed by atoms with Crippen molar-refractivity contribution in [3.05, 3.63) is 22.9 Å². The summed E-state index contributed by atoms with van der Waals surface area (Å²) in [6.07, 6.45) is 3.20. The standard InChI is InChI=1S/C5H4N4O.3CH3.Sn/c10-5-8-3-4(9-5)7-2-1-6-3;;;;/h1-2H,(H2,6,7,8,9,10);3*1H3;/q;;;;+1/p-1. The van der Waals surface area contributed by atoms with Crippen LogP contribution in [0.1, 0.15) is 0 Å². The van der Waals surface area contributed by atoms with Gasteiger partial charge in [0, 0.05) is 0 Å². The number of H-pyrrole nitrogens is 1.